The van der Waals surface area contributed by atoms with Gasteiger partial charge in [0, 0.05) is 7.11 Å². The Bertz CT molecular complexity index is 1090. The summed E-state index contributed by atoms with van der Waals surface area (Å²) in [6, 6.07) is 38.6. The molecule has 5 N–H and O–H groups in total. The van der Waals surface area contributed by atoms with Gasteiger partial charge >= 0.3 is 0 Å². The fourth-order valence-electron chi connectivity index (χ4n) is 4.12. The number of benzene rings is 4. The Kier molecular flexibility index (Phi) is 11.9. The van der Waals surface area contributed by atoms with E-state index in [-0.39, 0.29) is 5.54 Å². The minimum Gasteiger partial charge on any atom is -0.548 e. The average molecular weight is 513 g/mol. The van der Waals surface area contributed by atoms with Gasteiger partial charge in [0.1, 0.15) is 0 Å². The van der Waals surface area contributed by atoms with Crippen LogP contribution in [0.25, 0.3) is 0 Å². The van der Waals surface area contributed by atoms with Crippen molar-refractivity contribution in [3.05, 3.63) is 144 Å². The number of aliphatic hydroxyl groups is 1. The van der Waals surface area contributed by atoms with Gasteiger partial charge in [0.15, 0.2) is 0 Å². The number of aliphatic carboxylic acids is 1. The fourth-order valence-corrected chi connectivity index (χ4v) is 4.12. The van der Waals surface area contributed by atoms with Crippen LogP contribution in [0, 0.1) is 0 Å². The van der Waals surface area contributed by atoms with Crippen LogP contribution in [0.3, 0.4) is 0 Å². The zero-order valence-corrected chi connectivity index (χ0v) is 22.8. The summed E-state index contributed by atoms with van der Waals surface area (Å²) in [5, 5.41) is 22.8. The van der Waals surface area contributed by atoms with E-state index in [0.717, 1.165) is 29.4 Å². The molecule has 200 valence electrons. The highest BCUT2D eigenvalue weighted by Crippen LogP contribution is 2.37. The molecule has 5 heteroatoms. The van der Waals surface area contributed by atoms with E-state index in [1.165, 1.54) is 0 Å². The molecule has 0 amide bonds. The van der Waals surface area contributed by atoms with Crippen molar-refractivity contribution in [2.75, 3.05) is 7.11 Å². The number of hydrogen-bond acceptors (Lipinski definition) is 4. The smallest absolute Gasteiger partial charge is 0.0953 e. The van der Waals surface area contributed by atoms with E-state index in [4.69, 9.17) is 5.11 Å². The van der Waals surface area contributed by atoms with Crippen molar-refractivity contribution in [3.8, 4) is 0 Å². The summed E-state index contributed by atoms with van der Waals surface area (Å²) in [7, 11) is 1.00. The minimum absolute atomic E-state index is 0.250. The van der Waals surface area contributed by atoms with Crippen LogP contribution in [0.2, 0.25) is 0 Å². The second-order valence-corrected chi connectivity index (χ2v) is 10.1. The maximum atomic E-state index is 12.3. The summed E-state index contributed by atoms with van der Waals surface area (Å²) in [5.41, 5.74) is 6.99. The van der Waals surface area contributed by atoms with E-state index in [1.807, 2.05) is 121 Å². The van der Waals surface area contributed by atoms with E-state index >= 15 is 0 Å². The van der Waals surface area contributed by atoms with Gasteiger partial charge in [-0.25, -0.2) is 0 Å². The third-order valence-corrected chi connectivity index (χ3v) is 5.58. The van der Waals surface area contributed by atoms with Gasteiger partial charge in [-0.05, 0) is 49.4 Å². The minimum atomic E-state index is -1.13. The summed E-state index contributed by atoms with van der Waals surface area (Å²) < 4.78 is 0. The maximum Gasteiger partial charge on any atom is 0.0953 e. The average Bonchev–Trinajstić information content (AvgIpc) is 2.93. The van der Waals surface area contributed by atoms with Crippen molar-refractivity contribution in [1.29, 1.82) is 0 Å². The lowest BCUT2D eigenvalue weighted by Crippen LogP contribution is -2.67. The Balaban J connectivity index is 0.000000651. The summed E-state index contributed by atoms with van der Waals surface area (Å²) >= 11 is 0. The quantitative estimate of drug-likeness (QED) is 0.314. The molecule has 0 fully saturated rings. The zero-order chi connectivity index (χ0) is 28.0. The van der Waals surface area contributed by atoms with Gasteiger partial charge in [-0.2, -0.15) is 0 Å². The maximum absolute atomic E-state index is 12.3. The molecule has 0 saturated carbocycles. The highest BCUT2D eigenvalue weighted by molar-refractivity contribution is 5.72. The summed E-state index contributed by atoms with van der Waals surface area (Å²) in [5.74, 6) is -1.13. The summed E-state index contributed by atoms with van der Waals surface area (Å²) in [6.07, 6.45) is 0.317. The topological polar surface area (TPSA) is 100 Å². The number of aliphatic hydroxyl groups excluding tert-OH is 1. The molecule has 0 aliphatic rings. The van der Waals surface area contributed by atoms with Gasteiger partial charge in [-0.1, -0.05) is 121 Å². The molecule has 4 rings (SSSR count). The van der Waals surface area contributed by atoms with Crippen LogP contribution >= 0.6 is 0 Å². The summed E-state index contributed by atoms with van der Waals surface area (Å²) in [4.78, 5) is 12.3. The van der Waals surface area contributed by atoms with Gasteiger partial charge in [-0.15, -0.1) is 0 Å². The molecule has 0 aromatic heterocycles. The number of rotatable bonds is 8. The molecule has 4 aromatic carbocycles. The van der Waals surface area contributed by atoms with Gasteiger partial charge in [-0.3, -0.25) is 5.32 Å². The molecule has 0 aliphatic carbocycles. The lowest BCUT2D eigenvalue weighted by atomic mass is 9.76. The number of hydrogen-bond donors (Lipinski definition) is 3. The molecule has 0 spiro atoms. The molecular formula is C33H40N2O3. The van der Waals surface area contributed by atoms with Crippen molar-refractivity contribution < 1.29 is 20.7 Å². The normalized spacial score (nSPS) is 11.7. The van der Waals surface area contributed by atoms with Gasteiger partial charge in [0.25, 0.3) is 0 Å². The SMILES string of the molecule is CC(C)(C)[NH3+].CO.O=C([O-])[C@H](Cc1ccccc1)NC(c1ccccc1)(c1ccccc1)c1ccccc1. The monoisotopic (exact) mass is 512 g/mol. The van der Waals surface area contributed by atoms with Crippen molar-refractivity contribution in [3.63, 3.8) is 0 Å². The van der Waals surface area contributed by atoms with Crippen molar-refractivity contribution in [2.24, 2.45) is 0 Å². The van der Waals surface area contributed by atoms with Crippen LogP contribution in [0.15, 0.2) is 121 Å². The first-order valence-corrected chi connectivity index (χ1v) is 12.7. The Hall–Kier alpha value is -3.77. The molecule has 0 unspecified atom stereocenters. The predicted molar refractivity (Wildman–Crippen MR) is 152 cm³/mol. The molecule has 0 heterocycles. The van der Waals surface area contributed by atoms with E-state index in [9.17, 15) is 9.90 Å². The lowest BCUT2D eigenvalue weighted by molar-refractivity contribution is -0.458. The highest BCUT2D eigenvalue weighted by Gasteiger charge is 2.38. The third-order valence-electron chi connectivity index (χ3n) is 5.58. The molecule has 4 aromatic rings. The largest absolute Gasteiger partial charge is 0.548 e. The number of carbonyl (C=O) groups excluding carboxylic acids is 1. The second kappa shape index (κ2) is 14.8. The van der Waals surface area contributed by atoms with E-state index in [2.05, 4.69) is 31.8 Å². The van der Waals surface area contributed by atoms with Crippen molar-refractivity contribution >= 4 is 5.97 Å². The van der Waals surface area contributed by atoms with Crippen molar-refractivity contribution in [1.82, 2.24) is 5.32 Å². The number of carboxylic acid groups (broad SMARTS) is 1. The number of nitrogens with one attached hydrogen (secondary N) is 1. The first-order chi connectivity index (χ1) is 18.2. The molecule has 5 nitrogen and oxygen atoms in total. The Morgan fingerprint density at radius 3 is 1.29 bits per heavy atom. The van der Waals surface area contributed by atoms with Gasteiger partial charge < -0.3 is 20.7 Å². The van der Waals surface area contributed by atoms with Crippen molar-refractivity contribution in [2.45, 2.75) is 44.3 Å². The zero-order valence-electron chi connectivity index (χ0n) is 22.8. The fraction of sp³-hybridized carbons (Fsp3) is 0.242. The third kappa shape index (κ3) is 8.96. The Labute approximate surface area is 227 Å². The first kappa shape index (κ1) is 30.5. The van der Waals surface area contributed by atoms with Crippen LogP contribution in [-0.4, -0.2) is 29.8 Å². The molecule has 0 aliphatic heterocycles. The number of carboxylic acids is 1. The van der Waals surface area contributed by atoms with E-state index in [1.54, 1.807) is 0 Å². The van der Waals surface area contributed by atoms with Crippen LogP contribution in [-0.2, 0) is 16.8 Å². The number of quaternary nitrogens is 1. The standard InChI is InChI=1S/C28H25NO2.C4H11N.CH4O/c30-27(31)26(21-22-13-5-1-6-14-22)29-28(23-15-7-2-8-16-23,24-17-9-3-10-18-24)25-19-11-4-12-20-25;1-4(2,3)5;1-2/h1-20,26,29H,21H2,(H,30,31);5H2,1-3H3;2H,1H3/t26-;;/m0../s1. The first-order valence-electron chi connectivity index (χ1n) is 12.7. The van der Waals surface area contributed by atoms with Crippen LogP contribution in [0.5, 0.6) is 0 Å². The van der Waals surface area contributed by atoms with Gasteiger partial charge in [0.05, 0.1) is 23.1 Å². The molecule has 0 saturated heterocycles. The van der Waals surface area contributed by atoms with E-state index < -0.39 is 17.6 Å². The summed E-state index contributed by atoms with van der Waals surface area (Å²) in [6.45, 7) is 6.23. The predicted octanol–water partition coefficient (Wildman–Crippen LogP) is 3.56. The molecular weight excluding hydrogens is 472 g/mol. The highest BCUT2D eigenvalue weighted by atomic mass is 16.4. The Morgan fingerprint density at radius 1 is 0.711 bits per heavy atom. The van der Waals surface area contributed by atoms with Crippen LogP contribution in [0.4, 0.5) is 0 Å². The molecule has 38 heavy (non-hydrogen) atoms. The Morgan fingerprint density at radius 2 is 1.00 bits per heavy atom. The van der Waals surface area contributed by atoms with Gasteiger partial charge in [0.2, 0.25) is 0 Å². The van der Waals surface area contributed by atoms with Crippen LogP contribution in [0.1, 0.15) is 43.0 Å². The molecule has 1 atom stereocenters. The number of carbonyl (C=O) groups is 1. The second-order valence-electron chi connectivity index (χ2n) is 10.1. The van der Waals surface area contributed by atoms with Crippen LogP contribution < -0.4 is 16.2 Å². The van der Waals surface area contributed by atoms with E-state index in [0.29, 0.717) is 6.42 Å². The molecule has 0 bridgehead atoms. The lowest BCUT2D eigenvalue weighted by Gasteiger charge is -2.40. The molecule has 0 radical (unpaired) electrons.